The maximum atomic E-state index is 11.6. The summed E-state index contributed by atoms with van der Waals surface area (Å²) >= 11 is 0. The van der Waals surface area contributed by atoms with Crippen LogP contribution < -0.4 is 21.5 Å². The third kappa shape index (κ3) is 3.16. The number of anilines is 2. The van der Waals surface area contributed by atoms with Crippen molar-refractivity contribution in [1.82, 2.24) is 19.7 Å². The number of rotatable bonds is 4. The molecule has 0 atom stereocenters. The van der Waals surface area contributed by atoms with Crippen LogP contribution >= 0.6 is 0 Å². The van der Waals surface area contributed by atoms with E-state index in [0.29, 0.717) is 18.3 Å². The molecule has 0 radical (unpaired) electrons. The predicted molar refractivity (Wildman–Crippen MR) is 95.2 cm³/mol. The van der Waals surface area contributed by atoms with E-state index in [1.807, 2.05) is 0 Å². The van der Waals surface area contributed by atoms with E-state index in [4.69, 9.17) is 0 Å². The number of nitrogens with one attached hydrogen (secondary N) is 2. The number of hydrogen-bond acceptors (Lipinski definition) is 6. The van der Waals surface area contributed by atoms with E-state index in [0.717, 1.165) is 42.0 Å². The maximum absolute atomic E-state index is 11.6. The van der Waals surface area contributed by atoms with E-state index < -0.39 is 5.69 Å². The summed E-state index contributed by atoms with van der Waals surface area (Å²) in [6.07, 6.45) is 4.60. The van der Waals surface area contributed by atoms with Crippen LogP contribution in [0, 0.1) is 5.92 Å². The van der Waals surface area contributed by atoms with Crippen molar-refractivity contribution < 1.29 is 0 Å². The molecule has 8 heteroatoms. The average molecular weight is 342 g/mol. The van der Waals surface area contributed by atoms with Gasteiger partial charge in [-0.05, 0) is 37.3 Å². The van der Waals surface area contributed by atoms with Gasteiger partial charge in [0.1, 0.15) is 5.82 Å². The Labute approximate surface area is 144 Å². The van der Waals surface area contributed by atoms with Gasteiger partial charge in [0.15, 0.2) is 5.82 Å². The Morgan fingerprint density at radius 3 is 2.80 bits per heavy atom. The second kappa shape index (κ2) is 6.34. The molecule has 0 amide bonds. The maximum Gasteiger partial charge on any atom is 0.329 e. The number of H-pyrrole nitrogens is 1. The van der Waals surface area contributed by atoms with Gasteiger partial charge in [-0.2, -0.15) is 5.10 Å². The Morgan fingerprint density at radius 1 is 1.20 bits per heavy atom. The molecule has 0 bridgehead atoms. The highest BCUT2D eigenvalue weighted by Gasteiger charge is 2.28. The number of aryl methyl sites for hydroxylation is 2. The molecule has 0 unspecified atom stereocenters. The topological polar surface area (TPSA) is 95.9 Å². The van der Waals surface area contributed by atoms with Gasteiger partial charge in [-0.3, -0.25) is 14.3 Å². The molecule has 1 saturated heterocycles. The van der Waals surface area contributed by atoms with Gasteiger partial charge in [0.2, 0.25) is 0 Å². The van der Waals surface area contributed by atoms with E-state index >= 15 is 0 Å². The Morgan fingerprint density at radius 2 is 2.00 bits per heavy atom. The molecule has 0 aromatic carbocycles. The van der Waals surface area contributed by atoms with Crippen LogP contribution in [0.4, 0.5) is 11.6 Å². The first-order chi connectivity index (χ1) is 12.1. The van der Waals surface area contributed by atoms with Gasteiger partial charge in [0.25, 0.3) is 5.56 Å². The highest BCUT2D eigenvalue weighted by atomic mass is 16.2. The Bertz CT molecular complexity index is 865. The quantitative estimate of drug-likeness (QED) is 0.829. The minimum Gasteiger partial charge on any atom is -0.371 e. The third-order valence-corrected chi connectivity index (χ3v) is 5.06. The molecule has 0 spiro atoms. The summed E-state index contributed by atoms with van der Waals surface area (Å²) in [6.45, 7) is 2.50. The Hall–Kier alpha value is -2.64. The van der Waals surface area contributed by atoms with Gasteiger partial charge in [-0.25, -0.2) is 4.79 Å². The Kier molecular flexibility index (Phi) is 4.03. The minimum atomic E-state index is -0.408. The molecule has 1 fully saturated rings. The second-order valence-corrected chi connectivity index (χ2v) is 6.92. The van der Waals surface area contributed by atoms with Crippen molar-refractivity contribution in [2.45, 2.75) is 25.7 Å². The standard InChI is InChI=1S/C17H22N6O2/c1-22-16(24)7-14(19-17(22)25)18-8-11-9-23(10-11)15-6-12-4-2-3-5-13(12)20-21-15/h6-7,11,18H,2-5,8-10H2,1H3,(H,19,25). The lowest BCUT2D eigenvalue weighted by Gasteiger charge is -2.40. The van der Waals surface area contributed by atoms with Gasteiger partial charge < -0.3 is 10.2 Å². The average Bonchev–Trinajstić information content (AvgIpc) is 2.58. The summed E-state index contributed by atoms with van der Waals surface area (Å²) in [5, 5.41) is 11.9. The monoisotopic (exact) mass is 342 g/mol. The highest BCUT2D eigenvalue weighted by molar-refractivity contribution is 5.45. The molecule has 4 rings (SSSR count). The number of aromatic amines is 1. The molecule has 1 aliphatic heterocycles. The SMILES string of the molecule is Cn1c(=O)cc(NCC2CN(c3cc4c(nn3)CCCC4)C2)[nH]c1=O. The molecular weight excluding hydrogens is 320 g/mol. The van der Waals surface area contributed by atoms with Crippen molar-refractivity contribution in [3.8, 4) is 0 Å². The van der Waals surface area contributed by atoms with Gasteiger partial charge in [0.05, 0.1) is 5.69 Å². The molecule has 2 aromatic rings. The van der Waals surface area contributed by atoms with Crippen molar-refractivity contribution in [1.29, 1.82) is 0 Å². The van der Waals surface area contributed by atoms with Gasteiger partial charge in [-0.15, -0.1) is 5.10 Å². The summed E-state index contributed by atoms with van der Waals surface area (Å²) in [5.41, 5.74) is 1.78. The van der Waals surface area contributed by atoms with Gasteiger partial charge in [0, 0.05) is 38.7 Å². The van der Waals surface area contributed by atoms with Crippen LogP contribution in [0.15, 0.2) is 21.7 Å². The van der Waals surface area contributed by atoms with Gasteiger partial charge in [-0.1, -0.05) is 0 Å². The van der Waals surface area contributed by atoms with Crippen molar-refractivity contribution in [2.75, 3.05) is 29.9 Å². The Balaban J connectivity index is 1.33. The van der Waals surface area contributed by atoms with Crippen molar-refractivity contribution >= 4 is 11.6 Å². The molecule has 2 N–H and O–H groups in total. The predicted octanol–water partition coefficient (Wildman–Crippen LogP) is 0.291. The van der Waals surface area contributed by atoms with Crippen LogP contribution in [-0.4, -0.2) is 39.4 Å². The first-order valence-electron chi connectivity index (χ1n) is 8.75. The lowest BCUT2D eigenvalue weighted by Crippen LogP contribution is -2.50. The fourth-order valence-corrected chi connectivity index (χ4v) is 3.42. The molecule has 3 heterocycles. The fourth-order valence-electron chi connectivity index (χ4n) is 3.42. The number of aromatic nitrogens is 4. The lowest BCUT2D eigenvalue weighted by molar-refractivity contribution is 0.424. The normalized spacial score (nSPS) is 17.1. The highest BCUT2D eigenvalue weighted by Crippen LogP contribution is 2.26. The van der Waals surface area contributed by atoms with Gasteiger partial charge >= 0.3 is 5.69 Å². The molecule has 0 saturated carbocycles. The van der Waals surface area contributed by atoms with Crippen LogP contribution in [0.3, 0.4) is 0 Å². The minimum absolute atomic E-state index is 0.314. The smallest absolute Gasteiger partial charge is 0.329 e. The molecule has 132 valence electrons. The van der Waals surface area contributed by atoms with E-state index in [9.17, 15) is 9.59 Å². The number of nitrogens with zero attached hydrogens (tertiary/aromatic N) is 4. The zero-order valence-corrected chi connectivity index (χ0v) is 14.3. The van der Waals surface area contributed by atoms with Crippen molar-refractivity contribution in [3.63, 3.8) is 0 Å². The van der Waals surface area contributed by atoms with E-state index in [-0.39, 0.29) is 5.56 Å². The molecular formula is C17H22N6O2. The third-order valence-electron chi connectivity index (χ3n) is 5.06. The van der Waals surface area contributed by atoms with Crippen LogP contribution in [-0.2, 0) is 19.9 Å². The molecule has 25 heavy (non-hydrogen) atoms. The molecule has 1 aliphatic carbocycles. The summed E-state index contributed by atoms with van der Waals surface area (Å²) in [4.78, 5) is 28.1. The van der Waals surface area contributed by atoms with Crippen molar-refractivity contribution in [2.24, 2.45) is 13.0 Å². The van der Waals surface area contributed by atoms with Crippen LogP contribution in [0.1, 0.15) is 24.1 Å². The van der Waals surface area contributed by atoms with E-state index in [1.54, 1.807) is 0 Å². The second-order valence-electron chi connectivity index (χ2n) is 6.92. The van der Waals surface area contributed by atoms with E-state index in [1.165, 1.54) is 31.5 Å². The lowest BCUT2D eigenvalue weighted by atomic mass is 9.95. The van der Waals surface area contributed by atoms with Crippen LogP contribution in [0.2, 0.25) is 0 Å². The largest absolute Gasteiger partial charge is 0.371 e. The molecule has 8 nitrogen and oxygen atoms in total. The zero-order valence-electron chi connectivity index (χ0n) is 14.3. The first-order valence-corrected chi connectivity index (χ1v) is 8.75. The zero-order chi connectivity index (χ0) is 17.4. The summed E-state index contributed by atoms with van der Waals surface area (Å²) in [7, 11) is 1.45. The van der Waals surface area contributed by atoms with E-state index in [2.05, 4.69) is 31.5 Å². The molecule has 2 aromatic heterocycles. The van der Waals surface area contributed by atoms with Crippen molar-refractivity contribution in [3.05, 3.63) is 44.2 Å². The summed E-state index contributed by atoms with van der Waals surface area (Å²) in [6, 6.07) is 3.59. The molecule has 2 aliphatic rings. The summed E-state index contributed by atoms with van der Waals surface area (Å²) in [5.74, 6) is 1.88. The first kappa shape index (κ1) is 15.9. The van der Waals surface area contributed by atoms with Crippen LogP contribution in [0.25, 0.3) is 0 Å². The van der Waals surface area contributed by atoms with Crippen LogP contribution in [0.5, 0.6) is 0 Å². The number of fused-ring (bicyclic) bond motifs is 1. The summed E-state index contributed by atoms with van der Waals surface area (Å²) < 4.78 is 1.05. The fraction of sp³-hybridized carbons (Fsp3) is 0.529. The number of hydrogen-bond donors (Lipinski definition) is 2.